The zero-order chi connectivity index (χ0) is 48.3. The summed E-state index contributed by atoms with van der Waals surface area (Å²) in [7, 11) is 0. The fourth-order valence-electron chi connectivity index (χ4n) is 8.33. The predicted molar refractivity (Wildman–Crippen MR) is 307 cm³/mol. The maximum Gasteiger partial charge on any atom is -0.577 e. The van der Waals surface area contributed by atoms with Gasteiger partial charge in [0.1, 0.15) is 0 Å². The van der Waals surface area contributed by atoms with Gasteiger partial charge in [-0.2, -0.15) is 0 Å². The molecule has 6 radical (unpaired) electrons. The van der Waals surface area contributed by atoms with Gasteiger partial charge in [0.2, 0.25) is 0 Å². The zero-order valence-corrected chi connectivity index (χ0v) is 51.2. The zero-order valence-electron chi connectivity index (χ0n) is 44.6. The van der Waals surface area contributed by atoms with Gasteiger partial charge in [-0.25, -0.2) is 0 Å². The van der Waals surface area contributed by atoms with Gasteiger partial charge in [-0.3, -0.25) is 0 Å². The molecular formula is C58H86Ge2N4P2-2. The summed E-state index contributed by atoms with van der Waals surface area (Å²) >= 11 is 4.38. The van der Waals surface area contributed by atoms with E-state index >= 15 is 0 Å². The van der Waals surface area contributed by atoms with Gasteiger partial charge in [-0.05, 0) is 0 Å². The Morgan fingerprint density at radius 3 is 0.727 bits per heavy atom. The van der Waals surface area contributed by atoms with Crippen LogP contribution in [0.1, 0.15) is 230 Å². The maximum absolute atomic E-state index is 5.15. The summed E-state index contributed by atoms with van der Waals surface area (Å²) in [6.07, 6.45) is 4.45. The van der Waals surface area contributed by atoms with E-state index in [-0.39, 0.29) is 19.8 Å². The number of benzene rings is 4. The van der Waals surface area contributed by atoms with Gasteiger partial charge >= 0.3 is 412 Å². The Bertz CT molecular complexity index is 2030. The standard InChI is InChI=1S/2C29H41GeN2.2H2P/c2*1-18(2)24-13-11-14-25(19(3)4)28(24)31-22(9)17-23(10)32(30)29-26(20(5)6)15-12-16-27(29)21(7)8;;/h2*11-21H,1-10H3;2*1H2/q;;2*-1/b2*23-17-,31-22?;;. The van der Waals surface area contributed by atoms with Crippen molar-refractivity contribution in [2.75, 3.05) is 7.71 Å². The SMILES string of the molecule is CC(/C=C(/C)[N]([Ge])c1c(C(C)C)cccc1C(C)C)=Nc1c(C(C)C)cccc1C(C)C.CC(/C=C(/C)[N]([Ge])c1c(C(C)C)cccc1C(C)C)=Nc1c(C(C)C)cccc1C(C)C.[PH2-].[PH2-]. The van der Waals surface area contributed by atoms with Crippen molar-refractivity contribution in [2.45, 2.75) is 186 Å². The van der Waals surface area contributed by atoms with Crippen molar-refractivity contribution in [3.63, 3.8) is 0 Å². The Labute approximate surface area is 429 Å². The van der Waals surface area contributed by atoms with E-state index in [1.165, 1.54) is 67.3 Å². The molecule has 0 unspecified atom stereocenters. The molecule has 0 spiro atoms. The van der Waals surface area contributed by atoms with Crippen molar-refractivity contribution in [1.29, 1.82) is 0 Å². The van der Waals surface area contributed by atoms with Crippen LogP contribution >= 0.6 is 19.8 Å². The smallest absolute Gasteiger partial charge is 0.577 e. The molecule has 358 valence electrons. The molecule has 0 amide bonds. The number of aliphatic imine (C=N–C) groups is 2. The Kier molecular flexibility index (Phi) is 26.0. The van der Waals surface area contributed by atoms with Gasteiger partial charge in [-0.15, -0.1) is 0 Å². The molecule has 4 aromatic carbocycles. The third kappa shape index (κ3) is 16.2. The van der Waals surface area contributed by atoms with Crippen LogP contribution in [0.2, 0.25) is 0 Å². The maximum atomic E-state index is 5.15. The monoisotopic (exact) mass is 1050 g/mol. The van der Waals surface area contributed by atoms with E-state index in [1.807, 2.05) is 0 Å². The average Bonchev–Trinajstić information content (AvgIpc) is 3.22. The molecule has 0 aliphatic rings. The van der Waals surface area contributed by atoms with Crippen molar-refractivity contribution in [3.05, 3.63) is 141 Å². The minimum absolute atomic E-state index is 0. The van der Waals surface area contributed by atoms with Crippen LogP contribution in [0, 0.1) is 0 Å². The van der Waals surface area contributed by atoms with Crippen molar-refractivity contribution >= 4 is 87.4 Å². The van der Waals surface area contributed by atoms with Crippen LogP contribution in [-0.4, -0.2) is 44.9 Å². The van der Waals surface area contributed by atoms with E-state index in [0.717, 1.165) is 22.8 Å². The molecule has 8 heteroatoms. The fourth-order valence-corrected chi connectivity index (χ4v) is 9.68. The molecule has 4 rings (SSSR count). The molecule has 0 heterocycles. The number of rotatable bonds is 16. The Balaban J connectivity index is 0.000000641. The first-order chi connectivity index (χ1) is 29.9. The first-order valence-electron chi connectivity index (χ1n) is 23.9. The van der Waals surface area contributed by atoms with E-state index in [0.29, 0.717) is 47.3 Å². The summed E-state index contributed by atoms with van der Waals surface area (Å²) in [6, 6.07) is 26.7. The first-order valence-corrected chi connectivity index (χ1v) is 25.8. The molecular weight excluding hydrogens is 960 g/mol. The Morgan fingerprint density at radius 2 is 0.545 bits per heavy atom. The molecule has 0 aliphatic heterocycles. The summed E-state index contributed by atoms with van der Waals surface area (Å²) in [4.78, 5) is 10.3. The summed E-state index contributed by atoms with van der Waals surface area (Å²) in [5.74, 6) is 3.67. The van der Waals surface area contributed by atoms with Gasteiger partial charge < -0.3 is 19.8 Å². The van der Waals surface area contributed by atoms with E-state index in [9.17, 15) is 0 Å². The van der Waals surface area contributed by atoms with Gasteiger partial charge in [0.25, 0.3) is 0 Å². The van der Waals surface area contributed by atoms with Crippen molar-refractivity contribution in [2.24, 2.45) is 9.98 Å². The third-order valence-electron chi connectivity index (χ3n) is 11.9. The number of hydrogen-bond donors (Lipinski definition) is 0. The second-order valence-corrected chi connectivity index (χ2v) is 22.0. The first kappa shape index (κ1) is 61.3. The van der Waals surface area contributed by atoms with E-state index < -0.39 is 0 Å². The molecule has 0 atom stereocenters. The predicted octanol–water partition coefficient (Wildman–Crippen LogP) is 18.2. The van der Waals surface area contributed by atoms with Crippen LogP contribution in [0.15, 0.2) is 106 Å². The molecule has 0 bridgehead atoms. The molecule has 4 aromatic rings. The fraction of sp³-hybridized carbons (Fsp3) is 0.483. The summed E-state index contributed by atoms with van der Waals surface area (Å²) in [6.45, 7) is 44.8. The topological polar surface area (TPSA) is 31.2 Å². The minimum Gasteiger partial charge on any atom is -0.577 e. The quantitative estimate of drug-likeness (QED) is 0.0636. The molecule has 0 aliphatic carbocycles. The number of nitrogens with zero attached hydrogens (tertiary/aromatic N) is 4. The van der Waals surface area contributed by atoms with Gasteiger partial charge in [-0.1, -0.05) is 0 Å². The normalized spacial score (nSPS) is 12.7. The third-order valence-corrected chi connectivity index (χ3v) is 14.4. The van der Waals surface area contributed by atoms with Crippen molar-refractivity contribution in [3.8, 4) is 0 Å². The van der Waals surface area contributed by atoms with Crippen molar-refractivity contribution in [1.82, 2.24) is 0 Å². The van der Waals surface area contributed by atoms with E-state index in [1.54, 1.807) is 0 Å². The number of hydrogen-bond acceptors (Lipinski definition) is 4. The Morgan fingerprint density at radius 1 is 0.364 bits per heavy atom. The molecule has 0 N–H and O–H groups in total. The second kappa shape index (κ2) is 28.0. The summed E-state index contributed by atoms with van der Waals surface area (Å²) in [5.41, 5.74) is 20.3. The number of anilines is 2. The van der Waals surface area contributed by atoms with Gasteiger partial charge in [0, 0.05) is 0 Å². The van der Waals surface area contributed by atoms with Crippen LogP contribution in [0.3, 0.4) is 0 Å². The van der Waals surface area contributed by atoms with Gasteiger partial charge in [0.15, 0.2) is 0 Å². The van der Waals surface area contributed by atoms with Crippen LogP contribution in [-0.2, 0) is 0 Å². The molecule has 0 fully saturated rings. The summed E-state index contributed by atoms with van der Waals surface area (Å²) in [5, 5.41) is 0. The van der Waals surface area contributed by atoms with Gasteiger partial charge in [0.05, 0.1) is 0 Å². The van der Waals surface area contributed by atoms with Crippen molar-refractivity contribution < 1.29 is 0 Å². The largest absolute Gasteiger partial charge is 0.577 e. The molecule has 0 aromatic heterocycles. The van der Waals surface area contributed by atoms with E-state index in [4.69, 9.17) is 9.98 Å². The van der Waals surface area contributed by atoms with Crippen LogP contribution in [0.4, 0.5) is 22.7 Å². The average molecular weight is 1050 g/mol. The molecule has 0 saturated heterocycles. The Hall–Kier alpha value is -2.75. The summed E-state index contributed by atoms with van der Waals surface area (Å²) < 4.78 is 4.70. The molecule has 66 heavy (non-hydrogen) atoms. The number of allylic oxidation sites excluding steroid dienone is 4. The minimum atomic E-state index is 0. The second-order valence-electron chi connectivity index (χ2n) is 20.1. The van der Waals surface area contributed by atoms with Crippen LogP contribution in [0.5, 0.6) is 0 Å². The van der Waals surface area contributed by atoms with Crippen LogP contribution in [0.25, 0.3) is 0 Å². The number of para-hydroxylation sites is 4. The molecule has 0 saturated carbocycles. The molecule has 4 nitrogen and oxygen atoms in total. The van der Waals surface area contributed by atoms with Crippen LogP contribution < -0.4 is 7.71 Å². The van der Waals surface area contributed by atoms with E-state index in [2.05, 4.69) is 265 Å².